The maximum Gasteiger partial charge on any atom is 0.307 e. The van der Waals surface area contributed by atoms with Crippen LogP contribution in [0.4, 0.5) is 0 Å². The van der Waals surface area contributed by atoms with E-state index in [0.717, 1.165) is 17.7 Å². The van der Waals surface area contributed by atoms with Crippen LogP contribution in [0.1, 0.15) is 31.2 Å². The quantitative estimate of drug-likeness (QED) is 0.413. The van der Waals surface area contributed by atoms with Crippen LogP contribution in [0, 0.1) is 0 Å². The van der Waals surface area contributed by atoms with Gasteiger partial charge in [-0.25, -0.2) is 0 Å². The monoisotopic (exact) mass is 264 g/mol. The van der Waals surface area contributed by atoms with Gasteiger partial charge < -0.3 is 5.11 Å². The summed E-state index contributed by atoms with van der Waals surface area (Å²) in [4.78, 5) is 11.8. The Kier molecular flexibility index (Phi) is 7.26. The normalized spacial score (nSPS) is 10.2. The van der Waals surface area contributed by atoms with Crippen LogP contribution in [0.3, 0.4) is 0 Å². The summed E-state index contributed by atoms with van der Waals surface area (Å²) in [5.41, 5.74) is 0.859. The number of allylic oxidation sites excluding steroid dienone is 1. The fourth-order valence-corrected chi connectivity index (χ4v) is 2.55. The Labute approximate surface area is 113 Å². The lowest BCUT2D eigenvalue weighted by Gasteiger charge is -2.03. The number of hydrogen-bond donors (Lipinski definition) is 1. The Morgan fingerprint density at radius 2 is 1.94 bits per heavy atom. The van der Waals surface area contributed by atoms with E-state index in [0.29, 0.717) is 0 Å². The second kappa shape index (κ2) is 8.81. The van der Waals surface area contributed by atoms with Crippen molar-refractivity contribution >= 4 is 17.7 Å². The number of carbonyl (C=O) groups is 1. The summed E-state index contributed by atoms with van der Waals surface area (Å²) < 4.78 is 0. The first kappa shape index (κ1) is 14.8. The first-order valence-corrected chi connectivity index (χ1v) is 7.25. The molecule has 0 saturated heterocycles. The van der Waals surface area contributed by atoms with Crippen LogP contribution >= 0.6 is 11.8 Å². The molecule has 0 saturated carbocycles. The third kappa shape index (κ3) is 6.50. The van der Waals surface area contributed by atoms with Gasteiger partial charge in [-0.1, -0.05) is 24.6 Å². The summed E-state index contributed by atoms with van der Waals surface area (Å²) in [5.74, 6) is 0.340. The van der Waals surface area contributed by atoms with Crippen molar-refractivity contribution in [1.82, 2.24) is 0 Å². The molecule has 1 N–H and O–H groups in total. The maximum atomic E-state index is 10.5. The van der Waals surface area contributed by atoms with Crippen LogP contribution in [0.2, 0.25) is 0 Å². The Bertz CT molecular complexity index is 371. The number of carboxylic acids is 1. The van der Waals surface area contributed by atoms with Crippen molar-refractivity contribution in [1.29, 1.82) is 0 Å². The molecule has 0 radical (unpaired) electrons. The summed E-state index contributed by atoms with van der Waals surface area (Å²) in [6, 6.07) is 7.81. The zero-order chi connectivity index (χ0) is 13.2. The van der Waals surface area contributed by atoms with Gasteiger partial charge in [0.1, 0.15) is 0 Å². The molecular weight excluding hydrogens is 244 g/mol. The lowest BCUT2D eigenvalue weighted by molar-refractivity contribution is -0.136. The summed E-state index contributed by atoms with van der Waals surface area (Å²) in [5, 5.41) is 8.67. The molecule has 1 rings (SSSR count). The van der Waals surface area contributed by atoms with E-state index in [9.17, 15) is 4.79 Å². The number of benzene rings is 1. The van der Waals surface area contributed by atoms with Gasteiger partial charge in [-0.3, -0.25) is 4.79 Å². The predicted octanol–water partition coefficient (Wildman–Crippen LogP) is 4.15. The summed E-state index contributed by atoms with van der Waals surface area (Å²) in [6.07, 6.45) is 6.86. The molecule has 0 heterocycles. The van der Waals surface area contributed by atoms with Crippen LogP contribution in [0.5, 0.6) is 0 Å². The molecule has 0 atom stereocenters. The van der Waals surface area contributed by atoms with Crippen molar-refractivity contribution in [2.45, 2.75) is 37.0 Å². The summed E-state index contributed by atoms with van der Waals surface area (Å²) in [7, 11) is 0. The topological polar surface area (TPSA) is 37.3 Å². The van der Waals surface area contributed by atoms with Gasteiger partial charge in [0.15, 0.2) is 0 Å². The molecule has 2 nitrogen and oxygen atoms in total. The van der Waals surface area contributed by atoms with Crippen molar-refractivity contribution in [3.63, 3.8) is 0 Å². The highest BCUT2D eigenvalue weighted by Gasteiger charge is 2.00. The van der Waals surface area contributed by atoms with Crippen LogP contribution in [0.25, 0.3) is 0 Å². The maximum absolute atomic E-state index is 10.5. The highest BCUT2D eigenvalue weighted by atomic mass is 32.2. The molecule has 1 aromatic carbocycles. The smallest absolute Gasteiger partial charge is 0.307 e. The first-order chi connectivity index (χ1) is 8.72. The third-order valence-electron chi connectivity index (χ3n) is 2.60. The summed E-state index contributed by atoms with van der Waals surface area (Å²) in [6.45, 7) is 3.71. The van der Waals surface area contributed by atoms with Crippen LogP contribution < -0.4 is 0 Å². The summed E-state index contributed by atoms with van der Waals surface area (Å²) >= 11 is 1.83. The lowest BCUT2D eigenvalue weighted by atomic mass is 10.2. The van der Waals surface area contributed by atoms with E-state index in [2.05, 4.69) is 6.58 Å². The molecule has 0 aliphatic heterocycles. The van der Waals surface area contributed by atoms with Gasteiger partial charge in [-0.2, -0.15) is 0 Å². The van der Waals surface area contributed by atoms with Crippen molar-refractivity contribution in [3.05, 3.63) is 42.5 Å². The van der Waals surface area contributed by atoms with Crippen molar-refractivity contribution in [3.8, 4) is 0 Å². The van der Waals surface area contributed by atoms with E-state index in [4.69, 9.17) is 5.11 Å². The van der Waals surface area contributed by atoms with Gasteiger partial charge in [-0.05, 0) is 42.7 Å². The molecule has 0 fully saturated rings. The minimum atomic E-state index is -0.780. The molecule has 1 aromatic rings. The highest BCUT2D eigenvalue weighted by molar-refractivity contribution is 7.99. The molecule has 0 amide bonds. The van der Waals surface area contributed by atoms with Gasteiger partial charge in [0.05, 0.1) is 6.42 Å². The molecule has 18 heavy (non-hydrogen) atoms. The van der Waals surface area contributed by atoms with E-state index in [1.165, 1.54) is 24.2 Å². The Morgan fingerprint density at radius 3 is 2.56 bits per heavy atom. The van der Waals surface area contributed by atoms with Gasteiger partial charge in [0.25, 0.3) is 0 Å². The fourth-order valence-electron chi connectivity index (χ4n) is 1.64. The molecule has 0 aromatic heterocycles. The predicted molar refractivity (Wildman–Crippen MR) is 77.2 cm³/mol. The van der Waals surface area contributed by atoms with Crippen molar-refractivity contribution in [2.24, 2.45) is 0 Å². The fraction of sp³-hybridized carbons (Fsp3) is 0.400. The second-order valence-electron chi connectivity index (χ2n) is 4.20. The van der Waals surface area contributed by atoms with Gasteiger partial charge in [0.2, 0.25) is 0 Å². The molecule has 0 aliphatic rings. The molecule has 0 unspecified atom stereocenters. The lowest BCUT2D eigenvalue weighted by Crippen LogP contribution is -1.99. The minimum Gasteiger partial charge on any atom is -0.481 e. The minimum absolute atomic E-state index is 0.104. The molecule has 0 aliphatic carbocycles. The standard InChI is InChI=1S/C15H20O2S/c1-2-3-4-5-6-11-18-14-9-7-13(8-10-14)12-15(16)17/h2,7-10H,1,3-6,11-12H2,(H,16,17). The average Bonchev–Trinajstić information content (AvgIpc) is 2.35. The zero-order valence-corrected chi connectivity index (χ0v) is 11.4. The van der Waals surface area contributed by atoms with Gasteiger partial charge in [-0.15, -0.1) is 18.3 Å². The zero-order valence-electron chi connectivity index (χ0n) is 10.6. The van der Waals surface area contributed by atoms with Crippen LogP contribution in [0.15, 0.2) is 41.8 Å². The van der Waals surface area contributed by atoms with Crippen LogP contribution in [-0.2, 0) is 11.2 Å². The molecule has 98 valence electrons. The Hall–Kier alpha value is -1.22. The van der Waals surface area contributed by atoms with E-state index < -0.39 is 5.97 Å². The van der Waals surface area contributed by atoms with Gasteiger partial charge >= 0.3 is 5.97 Å². The number of hydrogen-bond acceptors (Lipinski definition) is 2. The van der Waals surface area contributed by atoms with Crippen molar-refractivity contribution in [2.75, 3.05) is 5.75 Å². The highest BCUT2D eigenvalue weighted by Crippen LogP contribution is 2.20. The first-order valence-electron chi connectivity index (χ1n) is 6.27. The Balaban J connectivity index is 2.22. The van der Waals surface area contributed by atoms with E-state index >= 15 is 0 Å². The SMILES string of the molecule is C=CCCCCCSc1ccc(CC(=O)O)cc1. The van der Waals surface area contributed by atoms with E-state index in [-0.39, 0.29) is 6.42 Å². The molecule has 0 bridgehead atoms. The Morgan fingerprint density at radius 1 is 1.22 bits per heavy atom. The third-order valence-corrected chi connectivity index (χ3v) is 3.70. The number of thioether (sulfide) groups is 1. The molecular formula is C15H20O2S. The molecule has 3 heteroatoms. The average molecular weight is 264 g/mol. The van der Waals surface area contributed by atoms with E-state index in [1.807, 2.05) is 42.1 Å². The van der Waals surface area contributed by atoms with Gasteiger partial charge in [0, 0.05) is 4.90 Å². The van der Waals surface area contributed by atoms with Crippen molar-refractivity contribution < 1.29 is 9.90 Å². The number of rotatable bonds is 9. The molecule has 0 spiro atoms. The van der Waals surface area contributed by atoms with E-state index in [1.54, 1.807) is 0 Å². The second-order valence-corrected chi connectivity index (χ2v) is 5.37. The largest absolute Gasteiger partial charge is 0.481 e. The number of aliphatic carboxylic acids is 1. The van der Waals surface area contributed by atoms with Crippen LogP contribution in [-0.4, -0.2) is 16.8 Å². The number of unbranched alkanes of at least 4 members (excludes halogenated alkanes) is 3. The number of carboxylic acid groups (broad SMARTS) is 1.